The van der Waals surface area contributed by atoms with Crippen LogP contribution in [0.2, 0.25) is 0 Å². The van der Waals surface area contributed by atoms with Crippen LogP contribution in [0.15, 0.2) is 23.1 Å². The number of fused-ring (bicyclic) bond motifs is 1. The van der Waals surface area contributed by atoms with E-state index in [0.717, 1.165) is 5.56 Å². The van der Waals surface area contributed by atoms with Gasteiger partial charge in [0.1, 0.15) is 11.3 Å². The second-order valence-corrected chi connectivity index (χ2v) is 6.00. The van der Waals surface area contributed by atoms with Gasteiger partial charge in [-0.05, 0) is 44.9 Å². The highest BCUT2D eigenvalue weighted by Gasteiger charge is 2.21. The van der Waals surface area contributed by atoms with E-state index >= 15 is 0 Å². The third-order valence-corrected chi connectivity index (χ3v) is 4.58. The van der Waals surface area contributed by atoms with Crippen molar-refractivity contribution in [3.8, 4) is 11.3 Å². The number of rotatable bonds is 3. The third kappa shape index (κ3) is 2.43. The fraction of sp³-hybridized carbons (Fsp3) is 0.278. The molecule has 0 aliphatic heterocycles. The Hall–Kier alpha value is -2.96. The van der Waals surface area contributed by atoms with Crippen LogP contribution in [0.25, 0.3) is 16.8 Å². The van der Waals surface area contributed by atoms with Crippen molar-refractivity contribution in [1.82, 2.24) is 14.2 Å². The van der Waals surface area contributed by atoms with Crippen molar-refractivity contribution in [3.63, 3.8) is 0 Å². The van der Waals surface area contributed by atoms with E-state index in [9.17, 15) is 19.1 Å². The molecule has 2 aromatic heterocycles. The predicted molar refractivity (Wildman–Crippen MR) is 91.7 cm³/mol. The van der Waals surface area contributed by atoms with Gasteiger partial charge in [-0.25, -0.2) is 13.7 Å². The first-order valence-electron chi connectivity index (χ1n) is 7.90. The van der Waals surface area contributed by atoms with Gasteiger partial charge in [0.25, 0.3) is 5.56 Å². The van der Waals surface area contributed by atoms with Crippen molar-refractivity contribution in [2.75, 3.05) is 0 Å². The van der Waals surface area contributed by atoms with Gasteiger partial charge in [-0.1, -0.05) is 6.07 Å². The average molecular weight is 343 g/mol. The Balaban J connectivity index is 2.43. The number of carbonyl (C=O) groups is 1. The Morgan fingerprint density at radius 1 is 1.24 bits per heavy atom. The second kappa shape index (κ2) is 5.84. The first kappa shape index (κ1) is 16.9. The van der Waals surface area contributed by atoms with E-state index in [1.165, 1.54) is 15.3 Å². The zero-order chi connectivity index (χ0) is 18.5. The molecule has 0 fully saturated rings. The molecule has 0 radical (unpaired) electrons. The number of nitrogens with zero attached hydrogens (tertiary/aromatic N) is 3. The van der Waals surface area contributed by atoms with Gasteiger partial charge in [0.05, 0.1) is 11.9 Å². The molecule has 0 unspecified atom stereocenters. The van der Waals surface area contributed by atoms with Crippen molar-refractivity contribution in [1.29, 1.82) is 0 Å². The Morgan fingerprint density at radius 2 is 1.92 bits per heavy atom. The lowest BCUT2D eigenvalue weighted by Gasteiger charge is -2.14. The minimum absolute atomic E-state index is 0.183. The molecule has 0 aliphatic rings. The first-order chi connectivity index (χ1) is 11.8. The topological polar surface area (TPSA) is 76.6 Å². The van der Waals surface area contributed by atoms with Gasteiger partial charge in [0.15, 0.2) is 5.69 Å². The van der Waals surface area contributed by atoms with E-state index in [2.05, 4.69) is 5.10 Å². The van der Waals surface area contributed by atoms with Crippen molar-refractivity contribution in [3.05, 3.63) is 56.9 Å². The molecule has 130 valence electrons. The van der Waals surface area contributed by atoms with Crippen LogP contribution in [0.4, 0.5) is 4.39 Å². The van der Waals surface area contributed by atoms with Gasteiger partial charge in [0, 0.05) is 17.7 Å². The zero-order valence-electron chi connectivity index (χ0n) is 14.4. The fourth-order valence-corrected chi connectivity index (χ4v) is 3.00. The van der Waals surface area contributed by atoms with Gasteiger partial charge in [-0.15, -0.1) is 0 Å². The van der Waals surface area contributed by atoms with Crippen molar-refractivity contribution in [2.45, 2.75) is 34.2 Å². The van der Waals surface area contributed by atoms with Crippen LogP contribution in [-0.4, -0.2) is 25.3 Å². The number of halogens is 1. The highest BCUT2D eigenvalue weighted by molar-refractivity contribution is 5.89. The monoisotopic (exact) mass is 343 g/mol. The Labute approximate surface area is 143 Å². The van der Waals surface area contributed by atoms with Crippen LogP contribution in [0.1, 0.15) is 34.1 Å². The van der Waals surface area contributed by atoms with E-state index in [1.807, 2.05) is 6.92 Å². The number of hydrogen-bond donors (Lipinski definition) is 1. The van der Waals surface area contributed by atoms with Crippen LogP contribution >= 0.6 is 0 Å². The molecule has 2 heterocycles. The van der Waals surface area contributed by atoms with Crippen molar-refractivity contribution in [2.24, 2.45) is 0 Å². The van der Waals surface area contributed by atoms with Gasteiger partial charge < -0.3 is 9.67 Å². The Bertz CT molecular complexity index is 1080. The summed E-state index contributed by atoms with van der Waals surface area (Å²) in [6.07, 6.45) is 1.51. The smallest absolute Gasteiger partial charge is 0.356 e. The van der Waals surface area contributed by atoms with Crippen molar-refractivity contribution >= 4 is 11.5 Å². The molecular formula is C18H18FN3O3. The molecule has 0 spiro atoms. The highest BCUT2D eigenvalue weighted by Crippen LogP contribution is 2.27. The molecule has 1 N–H and O–H groups in total. The number of aryl methyl sites for hydroxylation is 2. The number of carboxylic acids is 1. The average Bonchev–Trinajstić information content (AvgIpc) is 2.90. The summed E-state index contributed by atoms with van der Waals surface area (Å²) in [5, 5.41) is 13.2. The maximum Gasteiger partial charge on any atom is 0.356 e. The number of benzene rings is 1. The summed E-state index contributed by atoms with van der Waals surface area (Å²) in [7, 11) is 0. The van der Waals surface area contributed by atoms with Gasteiger partial charge in [-0.3, -0.25) is 4.79 Å². The fourth-order valence-electron chi connectivity index (χ4n) is 3.00. The van der Waals surface area contributed by atoms with Gasteiger partial charge >= 0.3 is 5.97 Å². The summed E-state index contributed by atoms with van der Waals surface area (Å²) in [5.74, 6) is -1.61. The maximum absolute atomic E-state index is 14.8. The van der Waals surface area contributed by atoms with Crippen LogP contribution in [0.5, 0.6) is 0 Å². The SMILES string of the molecule is CCn1c(-c2ccc(C)c(C)c2F)cn2nc(C(=O)O)c(C)c2c1=O. The predicted octanol–water partition coefficient (Wildman–Crippen LogP) is 2.95. The standard InChI is InChI=1S/C18H18FN3O3/c1-5-21-13(12-7-6-9(2)10(3)14(12)19)8-22-16(17(21)23)11(4)15(20-22)18(24)25/h6-8H,5H2,1-4H3,(H,24,25). The third-order valence-electron chi connectivity index (χ3n) is 4.58. The number of aromatic nitrogens is 3. The molecule has 0 atom stereocenters. The molecule has 6 nitrogen and oxygen atoms in total. The van der Waals surface area contributed by atoms with Crippen LogP contribution in [0.3, 0.4) is 0 Å². The molecular weight excluding hydrogens is 325 g/mol. The van der Waals surface area contributed by atoms with Crippen LogP contribution in [-0.2, 0) is 6.54 Å². The molecule has 0 aliphatic carbocycles. The van der Waals surface area contributed by atoms with E-state index in [0.29, 0.717) is 23.4 Å². The summed E-state index contributed by atoms with van der Waals surface area (Å²) in [4.78, 5) is 24.2. The van der Waals surface area contributed by atoms with E-state index in [4.69, 9.17) is 0 Å². The normalized spacial score (nSPS) is 11.2. The number of carboxylic acid groups (broad SMARTS) is 1. The molecule has 3 rings (SSSR count). The molecule has 3 aromatic rings. The minimum atomic E-state index is -1.21. The number of hydrogen-bond acceptors (Lipinski definition) is 3. The van der Waals surface area contributed by atoms with Gasteiger partial charge in [0.2, 0.25) is 0 Å². The van der Waals surface area contributed by atoms with E-state index in [-0.39, 0.29) is 16.8 Å². The lowest BCUT2D eigenvalue weighted by Crippen LogP contribution is -2.24. The molecule has 1 aromatic carbocycles. The lowest BCUT2D eigenvalue weighted by atomic mass is 10.0. The molecule has 0 saturated heterocycles. The second-order valence-electron chi connectivity index (χ2n) is 6.00. The summed E-state index contributed by atoms with van der Waals surface area (Å²) < 4.78 is 17.4. The highest BCUT2D eigenvalue weighted by atomic mass is 19.1. The zero-order valence-corrected chi connectivity index (χ0v) is 14.4. The summed E-state index contributed by atoms with van der Waals surface area (Å²) in [6.45, 7) is 7.15. The molecule has 7 heteroatoms. The number of aromatic carboxylic acids is 1. The molecule has 0 amide bonds. The van der Waals surface area contributed by atoms with Crippen LogP contribution in [0, 0.1) is 26.6 Å². The molecule has 25 heavy (non-hydrogen) atoms. The van der Waals surface area contributed by atoms with E-state index < -0.39 is 17.3 Å². The molecule has 0 saturated carbocycles. The lowest BCUT2D eigenvalue weighted by molar-refractivity contribution is 0.0689. The van der Waals surface area contributed by atoms with Crippen molar-refractivity contribution < 1.29 is 14.3 Å². The Kier molecular flexibility index (Phi) is 3.94. The first-order valence-corrected chi connectivity index (χ1v) is 7.90. The minimum Gasteiger partial charge on any atom is -0.476 e. The van der Waals surface area contributed by atoms with Crippen LogP contribution < -0.4 is 5.56 Å². The summed E-state index contributed by atoms with van der Waals surface area (Å²) >= 11 is 0. The molecule has 0 bridgehead atoms. The summed E-state index contributed by atoms with van der Waals surface area (Å²) in [6, 6.07) is 3.42. The maximum atomic E-state index is 14.8. The summed E-state index contributed by atoms with van der Waals surface area (Å²) in [5.41, 5.74) is 1.88. The largest absolute Gasteiger partial charge is 0.476 e. The van der Waals surface area contributed by atoms with E-state index in [1.54, 1.807) is 32.9 Å². The quantitative estimate of drug-likeness (QED) is 0.793. The Morgan fingerprint density at radius 3 is 2.52 bits per heavy atom. The van der Waals surface area contributed by atoms with Gasteiger partial charge in [-0.2, -0.15) is 5.10 Å².